The van der Waals surface area contributed by atoms with Crippen molar-refractivity contribution in [2.24, 2.45) is 0 Å². The van der Waals surface area contributed by atoms with Crippen molar-refractivity contribution in [1.29, 1.82) is 0 Å². The van der Waals surface area contributed by atoms with Gasteiger partial charge in [-0.3, -0.25) is 0 Å². The van der Waals surface area contributed by atoms with Gasteiger partial charge in [0.25, 0.3) is 0 Å². The molecule has 0 bridgehead atoms. The molecule has 30 heavy (non-hydrogen) atoms. The van der Waals surface area contributed by atoms with Crippen LogP contribution in [0.3, 0.4) is 0 Å². The molecule has 1 heterocycles. The largest absolute Gasteiger partial charge is 0.493 e. The van der Waals surface area contributed by atoms with E-state index in [4.69, 9.17) is 4.74 Å². The molecule has 0 spiro atoms. The average Bonchev–Trinajstić information content (AvgIpc) is 3.31. The number of H-pyrrole nitrogens is 1. The van der Waals surface area contributed by atoms with Crippen molar-refractivity contribution in [3.63, 3.8) is 0 Å². The normalized spacial score (nSPS) is 10.4. The van der Waals surface area contributed by atoms with Gasteiger partial charge in [0, 0.05) is 29.6 Å². The summed E-state index contributed by atoms with van der Waals surface area (Å²) in [5.41, 5.74) is 4.43. The molecule has 0 atom stereocenters. The molecule has 3 N–H and O–H groups in total. The van der Waals surface area contributed by atoms with Gasteiger partial charge < -0.3 is 20.4 Å². The summed E-state index contributed by atoms with van der Waals surface area (Å²) in [6, 6.07) is 24.7. The smallest absolute Gasteiger partial charge is 0.323 e. The van der Waals surface area contributed by atoms with Crippen LogP contribution in [0.2, 0.25) is 0 Å². The minimum atomic E-state index is -0.271. The van der Waals surface area contributed by atoms with Crippen LogP contribution in [-0.4, -0.2) is 22.6 Å². The van der Waals surface area contributed by atoms with Gasteiger partial charge in [-0.1, -0.05) is 42.5 Å². The zero-order chi connectivity index (χ0) is 20.6. The monoisotopic (exact) mass is 398 g/mol. The number of carbonyl (C=O) groups is 1. The fourth-order valence-electron chi connectivity index (χ4n) is 3.06. The highest BCUT2D eigenvalue weighted by molar-refractivity contribution is 5.99. The van der Waals surface area contributed by atoms with E-state index in [2.05, 4.69) is 20.6 Å². The number of aromatic nitrogens is 2. The van der Waals surface area contributed by atoms with Crippen LogP contribution >= 0.6 is 0 Å². The number of hydrogen-bond donors (Lipinski definition) is 3. The summed E-state index contributed by atoms with van der Waals surface area (Å²) in [6.07, 6.45) is 4.26. The lowest BCUT2D eigenvalue weighted by atomic mass is 10.1. The minimum absolute atomic E-state index is 0.271. The molecule has 0 aliphatic heterocycles. The Balaban J connectivity index is 1.29. The van der Waals surface area contributed by atoms with Gasteiger partial charge in [-0.05, 0) is 42.0 Å². The molecule has 0 fully saturated rings. The third-order valence-corrected chi connectivity index (χ3v) is 4.55. The molecule has 4 rings (SSSR count). The molecular formula is C24H22N4O2. The van der Waals surface area contributed by atoms with Crippen molar-refractivity contribution in [2.75, 3.05) is 17.2 Å². The third kappa shape index (κ3) is 5.05. The number of amides is 2. The lowest BCUT2D eigenvalue weighted by molar-refractivity contribution is 0.262. The van der Waals surface area contributed by atoms with Crippen molar-refractivity contribution in [2.45, 2.75) is 6.42 Å². The van der Waals surface area contributed by atoms with Gasteiger partial charge in [-0.2, -0.15) is 0 Å². The summed E-state index contributed by atoms with van der Waals surface area (Å²) >= 11 is 0. The SMILES string of the molecule is O=C(Nc1ccccc1)Nc1ccc(CCOc2ccccc2-c2c[nH]cn2)cc1. The number of anilines is 2. The third-order valence-electron chi connectivity index (χ3n) is 4.55. The first-order valence-corrected chi connectivity index (χ1v) is 9.71. The molecular weight excluding hydrogens is 376 g/mol. The van der Waals surface area contributed by atoms with E-state index in [1.807, 2.05) is 85.1 Å². The fraction of sp³-hybridized carbons (Fsp3) is 0.0833. The number of urea groups is 1. The Morgan fingerprint density at radius 2 is 1.57 bits per heavy atom. The van der Waals surface area contributed by atoms with Gasteiger partial charge in [-0.15, -0.1) is 0 Å². The minimum Gasteiger partial charge on any atom is -0.493 e. The van der Waals surface area contributed by atoms with E-state index in [-0.39, 0.29) is 6.03 Å². The highest BCUT2D eigenvalue weighted by atomic mass is 16.5. The summed E-state index contributed by atoms with van der Waals surface area (Å²) < 4.78 is 5.99. The first-order valence-electron chi connectivity index (χ1n) is 9.71. The molecule has 0 unspecified atom stereocenters. The molecule has 0 saturated heterocycles. The zero-order valence-corrected chi connectivity index (χ0v) is 16.3. The first-order chi connectivity index (χ1) is 14.8. The van der Waals surface area contributed by atoms with E-state index in [1.165, 1.54) is 0 Å². The van der Waals surface area contributed by atoms with E-state index >= 15 is 0 Å². The lowest BCUT2D eigenvalue weighted by Gasteiger charge is -2.11. The summed E-state index contributed by atoms with van der Waals surface area (Å²) in [5.74, 6) is 0.806. The quantitative estimate of drug-likeness (QED) is 0.393. The number of aromatic amines is 1. The van der Waals surface area contributed by atoms with Crippen LogP contribution in [-0.2, 0) is 6.42 Å². The average molecular weight is 398 g/mol. The molecule has 1 aromatic heterocycles. The Kier molecular flexibility index (Phi) is 6.05. The Labute approximate surface area is 175 Å². The van der Waals surface area contributed by atoms with Crippen LogP contribution in [0.5, 0.6) is 5.75 Å². The van der Waals surface area contributed by atoms with Crippen molar-refractivity contribution < 1.29 is 9.53 Å². The van der Waals surface area contributed by atoms with Gasteiger partial charge in [0.2, 0.25) is 0 Å². The van der Waals surface area contributed by atoms with E-state index in [0.717, 1.165) is 40.4 Å². The standard InChI is InChI=1S/C24H22N4O2/c29-24(27-19-6-2-1-3-7-19)28-20-12-10-18(11-13-20)14-15-30-23-9-5-4-8-21(23)22-16-25-17-26-22/h1-13,16-17H,14-15H2,(H,25,26)(H2,27,28,29). The number of carbonyl (C=O) groups excluding carboxylic acids is 1. The maximum absolute atomic E-state index is 12.1. The van der Waals surface area contributed by atoms with E-state index in [1.54, 1.807) is 6.33 Å². The molecule has 6 nitrogen and oxygen atoms in total. The second kappa shape index (κ2) is 9.43. The number of nitrogens with zero attached hydrogens (tertiary/aromatic N) is 1. The molecule has 3 aromatic carbocycles. The number of benzene rings is 3. The number of imidazole rings is 1. The highest BCUT2D eigenvalue weighted by Gasteiger charge is 2.07. The Morgan fingerprint density at radius 3 is 2.30 bits per heavy atom. The van der Waals surface area contributed by atoms with Crippen LogP contribution < -0.4 is 15.4 Å². The summed E-state index contributed by atoms with van der Waals surface area (Å²) in [4.78, 5) is 19.3. The van der Waals surface area contributed by atoms with Crippen LogP contribution in [0.15, 0.2) is 91.4 Å². The number of hydrogen-bond acceptors (Lipinski definition) is 3. The van der Waals surface area contributed by atoms with Crippen LogP contribution in [0, 0.1) is 0 Å². The highest BCUT2D eigenvalue weighted by Crippen LogP contribution is 2.28. The maximum Gasteiger partial charge on any atom is 0.323 e. The van der Waals surface area contributed by atoms with Crippen molar-refractivity contribution in [1.82, 2.24) is 9.97 Å². The summed E-state index contributed by atoms with van der Waals surface area (Å²) in [5, 5.41) is 5.63. The number of para-hydroxylation sites is 2. The second-order valence-electron chi connectivity index (χ2n) is 6.69. The van der Waals surface area contributed by atoms with Crippen LogP contribution in [0.4, 0.5) is 16.2 Å². The Bertz CT molecular complexity index is 1080. The molecule has 0 aliphatic rings. The van der Waals surface area contributed by atoms with E-state index in [9.17, 15) is 4.79 Å². The van der Waals surface area contributed by atoms with Crippen molar-refractivity contribution >= 4 is 17.4 Å². The zero-order valence-electron chi connectivity index (χ0n) is 16.3. The molecule has 6 heteroatoms. The van der Waals surface area contributed by atoms with Gasteiger partial charge in [0.1, 0.15) is 5.75 Å². The molecule has 150 valence electrons. The molecule has 4 aromatic rings. The van der Waals surface area contributed by atoms with Gasteiger partial charge in [0.15, 0.2) is 0 Å². The van der Waals surface area contributed by atoms with Gasteiger partial charge in [0.05, 0.1) is 18.6 Å². The summed E-state index contributed by atoms with van der Waals surface area (Å²) in [6.45, 7) is 0.544. The second-order valence-corrected chi connectivity index (χ2v) is 6.69. The predicted octanol–water partition coefficient (Wildman–Crippen LogP) is 5.34. The number of nitrogens with one attached hydrogen (secondary N) is 3. The van der Waals surface area contributed by atoms with Crippen molar-refractivity contribution in [3.05, 3.63) is 97.0 Å². The molecule has 0 radical (unpaired) electrons. The van der Waals surface area contributed by atoms with Gasteiger partial charge in [-0.25, -0.2) is 9.78 Å². The predicted molar refractivity (Wildman–Crippen MR) is 119 cm³/mol. The summed E-state index contributed by atoms with van der Waals surface area (Å²) in [7, 11) is 0. The van der Waals surface area contributed by atoms with Crippen molar-refractivity contribution in [3.8, 4) is 17.0 Å². The van der Waals surface area contributed by atoms with E-state index in [0.29, 0.717) is 6.61 Å². The molecule has 0 aliphatic carbocycles. The maximum atomic E-state index is 12.1. The molecule has 0 saturated carbocycles. The van der Waals surface area contributed by atoms with Crippen LogP contribution in [0.1, 0.15) is 5.56 Å². The van der Waals surface area contributed by atoms with E-state index < -0.39 is 0 Å². The van der Waals surface area contributed by atoms with Gasteiger partial charge >= 0.3 is 6.03 Å². The lowest BCUT2D eigenvalue weighted by Crippen LogP contribution is -2.19. The molecule has 2 amide bonds. The Morgan fingerprint density at radius 1 is 0.867 bits per heavy atom. The Hall–Kier alpha value is -4.06. The number of rotatable bonds is 7. The first kappa shape index (κ1) is 19.3. The van der Waals surface area contributed by atoms with Crippen LogP contribution in [0.25, 0.3) is 11.3 Å². The fourth-order valence-corrected chi connectivity index (χ4v) is 3.06. The topological polar surface area (TPSA) is 79.0 Å². The number of ether oxygens (including phenoxy) is 1.